The van der Waals surface area contributed by atoms with Crippen LogP contribution >= 0.6 is 11.8 Å². The van der Waals surface area contributed by atoms with E-state index < -0.39 is 0 Å². The predicted octanol–water partition coefficient (Wildman–Crippen LogP) is 3.65. The number of nitrogens with one attached hydrogen (secondary N) is 1. The first-order valence-electron chi connectivity index (χ1n) is 5.06. The molecule has 3 heteroatoms. The Balaban J connectivity index is 0.000000168. The molecule has 0 aliphatic carbocycles. The summed E-state index contributed by atoms with van der Waals surface area (Å²) in [6, 6.07) is 7.94. The van der Waals surface area contributed by atoms with Crippen LogP contribution in [0, 0.1) is 0 Å². The summed E-state index contributed by atoms with van der Waals surface area (Å²) < 4.78 is 0. The van der Waals surface area contributed by atoms with Gasteiger partial charge >= 0.3 is 0 Å². The molecular weight excluding hydrogens is 216 g/mol. The molecule has 0 atom stereocenters. The van der Waals surface area contributed by atoms with Gasteiger partial charge in [0.05, 0.1) is 17.4 Å². The molecule has 0 saturated heterocycles. The molecule has 2 aromatic rings. The van der Waals surface area contributed by atoms with Crippen LogP contribution in [0.5, 0.6) is 0 Å². The minimum Gasteiger partial charge on any atom is -0.345 e. The number of hydrogen-bond donors (Lipinski definition) is 1. The van der Waals surface area contributed by atoms with Crippen molar-refractivity contribution in [3.63, 3.8) is 0 Å². The van der Waals surface area contributed by atoms with E-state index in [9.17, 15) is 0 Å². The highest BCUT2D eigenvalue weighted by molar-refractivity contribution is 7.99. The van der Waals surface area contributed by atoms with Gasteiger partial charge in [0.1, 0.15) is 0 Å². The highest BCUT2D eigenvalue weighted by Gasteiger charge is 1.88. The number of para-hydroxylation sites is 2. The van der Waals surface area contributed by atoms with Crippen molar-refractivity contribution in [3.05, 3.63) is 55.9 Å². The quantitative estimate of drug-likeness (QED) is 0.644. The number of H-pyrrole nitrogens is 1. The second-order valence-corrected chi connectivity index (χ2v) is 4.11. The first kappa shape index (κ1) is 12.6. The van der Waals surface area contributed by atoms with E-state index in [1.54, 1.807) is 6.33 Å². The molecular formula is C13H16N2S. The van der Waals surface area contributed by atoms with Crippen LogP contribution < -0.4 is 0 Å². The topological polar surface area (TPSA) is 28.7 Å². The molecule has 1 aromatic heterocycles. The highest BCUT2D eigenvalue weighted by Crippen LogP contribution is 2.05. The summed E-state index contributed by atoms with van der Waals surface area (Å²) in [6.45, 7) is 7.15. The predicted molar refractivity (Wildman–Crippen MR) is 73.8 cm³/mol. The Kier molecular flexibility index (Phi) is 6.11. The maximum atomic E-state index is 4.06. The zero-order valence-electron chi connectivity index (χ0n) is 9.23. The largest absolute Gasteiger partial charge is 0.345 e. The van der Waals surface area contributed by atoms with Crippen molar-refractivity contribution < 1.29 is 0 Å². The lowest BCUT2D eigenvalue weighted by Crippen LogP contribution is -1.69. The third-order valence-electron chi connectivity index (χ3n) is 1.80. The van der Waals surface area contributed by atoms with E-state index in [0.717, 1.165) is 22.5 Å². The molecule has 0 saturated carbocycles. The second kappa shape index (κ2) is 7.77. The van der Waals surface area contributed by atoms with Crippen molar-refractivity contribution in [3.8, 4) is 0 Å². The van der Waals surface area contributed by atoms with E-state index in [1.807, 2.05) is 48.2 Å². The average Bonchev–Trinajstić information content (AvgIpc) is 2.78. The van der Waals surface area contributed by atoms with E-state index in [-0.39, 0.29) is 0 Å². The third-order valence-corrected chi connectivity index (χ3v) is 2.74. The summed E-state index contributed by atoms with van der Waals surface area (Å²) in [7, 11) is 0. The van der Waals surface area contributed by atoms with Crippen LogP contribution in [0.1, 0.15) is 0 Å². The fourth-order valence-electron chi connectivity index (χ4n) is 1.11. The molecule has 1 aromatic carbocycles. The Hall–Kier alpha value is -1.48. The number of imidazole rings is 1. The third kappa shape index (κ3) is 4.36. The Morgan fingerprint density at radius 1 is 1.19 bits per heavy atom. The summed E-state index contributed by atoms with van der Waals surface area (Å²) in [5, 5.41) is 0. The van der Waals surface area contributed by atoms with Crippen LogP contribution in [0.25, 0.3) is 11.0 Å². The van der Waals surface area contributed by atoms with Gasteiger partial charge in [0.2, 0.25) is 0 Å². The van der Waals surface area contributed by atoms with Gasteiger partial charge < -0.3 is 4.98 Å². The van der Waals surface area contributed by atoms with E-state index >= 15 is 0 Å². The SMILES string of the molecule is C=CCSCC=C.c1ccc2[nH]cnc2c1. The van der Waals surface area contributed by atoms with Crippen molar-refractivity contribution in [2.75, 3.05) is 11.5 Å². The van der Waals surface area contributed by atoms with Crippen molar-refractivity contribution in [1.82, 2.24) is 9.97 Å². The van der Waals surface area contributed by atoms with E-state index in [4.69, 9.17) is 0 Å². The van der Waals surface area contributed by atoms with Gasteiger partial charge in [0.15, 0.2) is 0 Å². The molecule has 0 aliphatic heterocycles. The van der Waals surface area contributed by atoms with Crippen LogP contribution in [0.4, 0.5) is 0 Å². The van der Waals surface area contributed by atoms with Crippen LogP contribution in [0.2, 0.25) is 0 Å². The molecule has 0 unspecified atom stereocenters. The number of hydrogen-bond acceptors (Lipinski definition) is 2. The summed E-state index contributed by atoms with van der Waals surface area (Å²) >= 11 is 1.82. The van der Waals surface area contributed by atoms with Gasteiger partial charge in [0.25, 0.3) is 0 Å². The van der Waals surface area contributed by atoms with Crippen molar-refractivity contribution in [2.45, 2.75) is 0 Å². The molecule has 1 heterocycles. The molecule has 84 valence electrons. The van der Waals surface area contributed by atoms with Gasteiger partial charge in [-0.05, 0) is 12.1 Å². The summed E-state index contributed by atoms with van der Waals surface area (Å²) in [5.74, 6) is 2.07. The van der Waals surface area contributed by atoms with Crippen LogP contribution in [-0.4, -0.2) is 21.5 Å². The summed E-state index contributed by atoms with van der Waals surface area (Å²) in [5.41, 5.74) is 2.12. The molecule has 16 heavy (non-hydrogen) atoms. The zero-order chi connectivity index (χ0) is 11.6. The van der Waals surface area contributed by atoms with Crippen molar-refractivity contribution in [1.29, 1.82) is 0 Å². The average molecular weight is 232 g/mol. The Bertz CT molecular complexity index is 396. The van der Waals surface area contributed by atoms with Gasteiger partial charge in [-0.2, -0.15) is 11.8 Å². The van der Waals surface area contributed by atoms with E-state index in [0.29, 0.717) is 0 Å². The van der Waals surface area contributed by atoms with Gasteiger partial charge in [-0.15, -0.1) is 13.2 Å². The van der Waals surface area contributed by atoms with Crippen LogP contribution in [0.15, 0.2) is 55.9 Å². The van der Waals surface area contributed by atoms with Crippen molar-refractivity contribution >= 4 is 22.8 Å². The summed E-state index contributed by atoms with van der Waals surface area (Å²) in [6.07, 6.45) is 5.49. The normalized spacial score (nSPS) is 9.25. The van der Waals surface area contributed by atoms with Crippen LogP contribution in [-0.2, 0) is 0 Å². The molecule has 0 bridgehead atoms. The number of benzene rings is 1. The summed E-state index contributed by atoms with van der Waals surface area (Å²) in [4.78, 5) is 7.07. The van der Waals surface area contributed by atoms with Crippen LogP contribution in [0.3, 0.4) is 0 Å². The first-order chi connectivity index (χ1) is 7.88. The van der Waals surface area contributed by atoms with E-state index in [2.05, 4.69) is 23.1 Å². The minimum atomic E-state index is 1.03. The fraction of sp³-hybridized carbons (Fsp3) is 0.154. The molecule has 2 rings (SSSR count). The fourth-order valence-corrected chi connectivity index (χ4v) is 1.58. The minimum absolute atomic E-state index is 1.03. The lowest BCUT2D eigenvalue weighted by molar-refractivity contribution is 1.34. The number of fused-ring (bicyclic) bond motifs is 1. The zero-order valence-corrected chi connectivity index (χ0v) is 10.0. The highest BCUT2D eigenvalue weighted by atomic mass is 32.2. The number of nitrogens with zero attached hydrogens (tertiary/aromatic N) is 1. The molecule has 1 N–H and O–H groups in total. The maximum Gasteiger partial charge on any atom is 0.0931 e. The second-order valence-electron chi connectivity index (χ2n) is 3.03. The molecule has 0 spiro atoms. The maximum absolute atomic E-state index is 4.06. The Morgan fingerprint density at radius 2 is 1.88 bits per heavy atom. The number of aromatic nitrogens is 2. The lowest BCUT2D eigenvalue weighted by Gasteiger charge is -1.85. The Morgan fingerprint density at radius 3 is 2.50 bits per heavy atom. The monoisotopic (exact) mass is 232 g/mol. The lowest BCUT2D eigenvalue weighted by atomic mass is 10.3. The number of thioether (sulfide) groups is 1. The first-order valence-corrected chi connectivity index (χ1v) is 6.21. The smallest absolute Gasteiger partial charge is 0.0931 e. The molecule has 2 nitrogen and oxygen atoms in total. The Labute approximate surface area is 100 Å². The molecule has 0 fully saturated rings. The number of rotatable bonds is 4. The van der Waals surface area contributed by atoms with Gasteiger partial charge in [-0.3, -0.25) is 0 Å². The van der Waals surface area contributed by atoms with Gasteiger partial charge in [-0.1, -0.05) is 24.3 Å². The van der Waals surface area contributed by atoms with Crippen molar-refractivity contribution in [2.24, 2.45) is 0 Å². The standard InChI is InChI=1S/C7H6N2.C6H10S/c1-2-4-7-6(3-1)8-5-9-7;1-3-5-7-6-4-2/h1-5H,(H,8,9);3-4H,1-2,5-6H2. The molecule has 0 aliphatic rings. The van der Waals surface area contributed by atoms with Gasteiger partial charge in [-0.25, -0.2) is 4.98 Å². The molecule has 0 amide bonds. The molecule has 0 radical (unpaired) electrons. The van der Waals surface area contributed by atoms with Gasteiger partial charge in [0, 0.05) is 11.5 Å². The van der Waals surface area contributed by atoms with E-state index in [1.165, 1.54) is 0 Å². The number of aromatic amines is 1.